The second-order valence-corrected chi connectivity index (χ2v) is 8.19. The lowest BCUT2D eigenvalue weighted by molar-refractivity contribution is -0.137. The van der Waals surface area contributed by atoms with Crippen molar-refractivity contribution in [3.8, 4) is 0 Å². The van der Waals surface area contributed by atoms with E-state index in [-0.39, 0.29) is 11.6 Å². The Morgan fingerprint density at radius 3 is 2.30 bits per heavy atom. The van der Waals surface area contributed by atoms with Crippen molar-refractivity contribution in [2.24, 2.45) is 0 Å². The first-order valence-corrected chi connectivity index (χ1v) is 9.20. The molecule has 128 valence electrons. The smallest absolute Gasteiger partial charge is 0.349 e. The third-order valence-corrected chi connectivity index (χ3v) is 5.68. The minimum absolute atomic E-state index is 0.125. The van der Waals surface area contributed by atoms with Crippen LogP contribution >= 0.6 is 0 Å². The number of hydrogen-bond acceptors (Lipinski definition) is 3. The van der Waals surface area contributed by atoms with Gasteiger partial charge in [0.05, 0.1) is 10.8 Å². The van der Waals surface area contributed by atoms with Gasteiger partial charge in [-0.05, 0) is 43.5 Å². The van der Waals surface area contributed by atoms with Gasteiger partial charge >= 0.3 is 6.18 Å². The van der Waals surface area contributed by atoms with Crippen molar-refractivity contribution in [3.05, 3.63) is 35.4 Å². The maximum absolute atomic E-state index is 12.5. The maximum atomic E-state index is 12.5. The monoisotopic (exact) mass is 349 g/mol. The Labute approximate surface area is 133 Å². The number of sulfone groups is 1. The van der Waals surface area contributed by atoms with Crippen LogP contribution in [0.1, 0.15) is 41.6 Å². The summed E-state index contributed by atoms with van der Waals surface area (Å²) >= 11 is 0. The van der Waals surface area contributed by atoms with Gasteiger partial charge in [0, 0.05) is 17.9 Å². The van der Waals surface area contributed by atoms with Gasteiger partial charge in [0.2, 0.25) is 0 Å². The van der Waals surface area contributed by atoms with Gasteiger partial charge < -0.3 is 5.32 Å². The maximum Gasteiger partial charge on any atom is 0.416 e. The van der Waals surface area contributed by atoms with Crippen LogP contribution in [0.25, 0.3) is 0 Å². The lowest BCUT2D eigenvalue weighted by Gasteiger charge is -2.28. The van der Waals surface area contributed by atoms with E-state index in [4.69, 9.17) is 0 Å². The standard InChI is InChI=1S/C15H18F3NO3S/c1-23(21,22)13-4-2-3-12(9-13)19-14(20)10-5-7-11(8-6-10)15(16,17)18/h5-8,12-13H,2-4,9H2,1H3,(H,19,20)/t12-,13+/m1/s1. The Balaban J connectivity index is 2.01. The van der Waals surface area contributed by atoms with Crippen LogP contribution in [0.4, 0.5) is 13.2 Å². The summed E-state index contributed by atoms with van der Waals surface area (Å²) in [6, 6.07) is 3.67. The first-order valence-electron chi connectivity index (χ1n) is 7.24. The number of amides is 1. The zero-order valence-electron chi connectivity index (χ0n) is 12.6. The molecule has 0 aromatic heterocycles. The number of alkyl halides is 3. The van der Waals surface area contributed by atoms with Crippen LogP contribution in [-0.2, 0) is 16.0 Å². The molecular weight excluding hydrogens is 331 g/mol. The Kier molecular flexibility index (Phi) is 5.03. The molecule has 4 nitrogen and oxygen atoms in total. The molecule has 1 amide bonds. The van der Waals surface area contributed by atoms with E-state index >= 15 is 0 Å². The van der Waals surface area contributed by atoms with E-state index in [9.17, 15) is 26.4 Å². The number of halogens is 3. The molecular formula is C15H18F3NO3S. The largest absolute Gasteiger partial charge is 0.416 e. The lowest BCUT2D eigenvalue weighted by Crippen LogP contribution is -2.41. The van der Waals surface area contributed by atoms with Crippen LogP contribution in [0, 0.1) is 0 Å². The topological polar surface area (TPSA) is 63.2 Å². The van der Waals surface area contributed by atoms with Gasteiger partial charge in [0.1, 0.15) is 9.84 Å². The summed E-state index contributed by atoms with van der Waals surface area (Å²) < 4.78 is 60.7. The fraction of sp³-hybridized carbons (Fsp3) is 0.533. The molecule has 1 aliphatic carbocycles. The second-order valence-electron chi connectivity index (χ2n) is 5.86. The number of nitrogens with one attached hydrogen (secondary N) is 1. The Hall–Kier alpha value is -1.57. The number of hydrogen-bond donors (Lipinski definition) is 1. The van der Waals surface area contributed by atoms with E-state index in [2.05, 4.69) is 5.32 Å². The van der Waals surface area contributed by atoms with Crippen molar-refractivity contribution in [1.82, 2.24) is 5.32 Å². The number of rotatable bonds is 3. The summed E-state index contributed by atoms with van der Waals surface area (Å²) in [6.45, 7) is 0. The first-order chi connectivity index (χ1) is 10.6. The molecule has 2 atom stereocenters. The third-order valence-electron chi connectivity index (χ3n) is 4.04. The predicted octanol–water partition coefficient (Wildman–Crippen LogP) is 2.79. The average molecular weight is 349 g/mol. The minimum atomic E-state index is -4.44. The minimum Gasteiger partial charge on any atom is -0.349 e. The van der Waals surface area contributed by atoms with Crippen LogP contribution in [0.5, 0.6) is 0 Å². The molecule has 0 unspecified atom stereocenters. The fourth-order valence-electron chi connectivity index (χ4n) is 2.74. The van der Waals surface area contributed by atoms with Gasteiger partial charge in [0.25, 0.3) is 5.91 Å². The van der Waals surface area contributed by atoms with Crippen LogP contribution in [-0.4, -0.2) is 31.9 Å². The zero-order chi connectivity index (χ0) is 17.3. The summed E-state index contributed by atoms with van der Waals surface area (Å²) in [5.74, 6) is -0.488. The van der Waals surface area contributed by atoms with Gasteiger partial charge in [-0.2, -0.15) is 13.2 Å². The molecule has 0 heterocycles. The summed E-state index contributed by atoms with van der Waals surface area (Å²) in [4.78, 5) is 12.1. The highest BCUT2D eigenvalue weighted by atomic mass is 32.2. The SMILES string of the molecule is CS(=O)(=O)[C@H]1CCC[C@@H](NC(=O)c2ccc(C(F)(F)F)cc2)C1. The summed E-state index contributed by atoms with van der Waals surface area (Å²) in [7, 11) is -3.16. The van der Waals surface area contributed by atoms with E-state index in [1.165, 1.54) is 6.26 Å². The molecule has 0 radical (unpaired) electrons. The molecule has 0 aliphatic heterocycles. The van der Waals surface area contributed by atoms with Crippen LogP contribution in [0.15, 0.2) is 24.3 Å². The van der Waals surface area contributed by atoms with E-state index in [0.29, 0.717) is 25.7 Å². The fourth-order valence-corrected chi connectivity index (χ4v) is 3.92. The van der Waals surface area contributed by atoms with Crippen molar-refractivity contribution in [2.75, 3.05) is 6.26 Å². The predicted molar refractivity (Wildman–Crippen MR) is 79.8 cm³/mol. The number of carbonyl (C=O) groups is 1. The van der Waals surface area contributed by atoms with Crippen molar-refractivity contribution in [3.63, 3.8) is 0 Å². The van der Waals surface area contributed by atoms with Gasteiger partial charge in [-0.3, -0.25) is 4.79 Å². The van der Waals surface area contributed by atoms with Gasteiger partial charge in [-0.1, -0.05) is 6.42 Å². The highest BCUT2D eigenvalue weighted by molar-refractivity contribution is 7.91. The molecule has 1 aliphatic rings. The van der Waals surface area contributed by atoms with E-state index < -0.39 is 32.7 Å². The van der Waals surface area contributed by atoms with Crippen molar-refractivity contribution in [2.45, 2.75) is 43.2 Å². The van der Waals surface area contributed by atoms with E-state index in [0.717, 1.165) is 24.3 Å². The van der Waals surface area contributed by atoms with Crippen molar-refractivity contribution in [1.29, 1.82) is 0 Å². The molecule has 1 saturated carbocycles. The molecule has 23 heavy (non-hydrogen) atoms. The molecule has 1 N–H and O–H groups in total. The first kappa shape index (κ1) is 17.8. The molecule has 0 spiro atoms. The number of benzene rings is 1. The normalized spacial score (nSPS) is 22.6. The summed E-state index contributed by atoms with van der Waals surface area (Å²) in [5.41, 5.74) is -0.691. The molecule has 1 aromatic rings. The molecule has 1 aromatic carbocycles. The molecule has 0 saturated heterocycles. The molecule has 8 heteroatoms. The Morgan fingerprint density at radius 1 is 1.17 bits per heavy atom. The summed E-state index contributed by atoms with van der Waals surface area (Å²) in [6.07, 6.45) is -0.996. The number of carbonyl (C=O) groups excluding carboxylic acids is 1. The van der Waals surface area contributed by atoms with E-state index in [1.54, 1.807) is 0 Å². The molecule has 1 fully saturated rings. The van der Waals surface area contributed by atoms with Gasteiger partial charge in [-0.15, -0.1) is 0 Å². The van der Waals surface area contributed by atoms with Crippen LogP contribution in [0.2, 0.25) is 0 Å². The van der Waals surface area contributed by atoms with Crippen LogP contribution < -0.4 is 5.32 Å². The third kappa shape index (κ3) is 4.70. The Morgan fingerprint density at radius 2 is 1.78 bits per heavy atom. The van der Waals surface area contributed by atoms with Crippen molar-refractivity contribution >= 4 is 15.7 Å². The van der Waals surface area contributed by atoms with Gasteiger partial charge in [0.15, 0.2) is 0 Å². The summed E-state index contributed by atoms with van der Waals surface area (Å²) in [5, 5.41) is 2.23. The average Bonchev–Trinajstić information content (AvgIpc) is 2.46. The van der Waals surface area contributed by atoms with Crippen molar-refractivity contribution < 1.29 is 26.4 Å². The molecule has 2 rings (SSSR count). The lowest BCUT2D eigenvalue weighted by atomic mass is 9.94. The second kappa shape index (κ2) is 6.51. The van der Waals surface area contributed by atoms with E-state index in [1.807, 2.05) is 0 Å². The highest BCUT2D eigenvalue weighted by Crippen LogP contribution is 2.29. The molecule has 0 bridgehead atoms. The van der Waals surface area contributed by atoms with Gasteiger partial charge in [-0.25, -0.2) is 8.42 Å². The quantitative estimate of drug-likeness (QED) is 0.913. The Bertz CT molecular complexity index is 668. The van der Waals surface area contributed by atoms with Crippen LogP contribution in [0.3, 0.4) is 0 Å². The zero-order valence-corrected chi connectivity index (χ0v) is 13.4. The highest BCUT2D eigenvalue weighted by Gasteiger charge is 2.31.